The molecule has 0 aliphatic rings. The summed E-state index contributed by atoms with van der Waals surface area (Å²) >= 11 is 0. The van der Waals surface area contributed by atoms with Crippen LogP contribution in [-0.2, 0) is 22.5 Å². The molecule has 2 amide bonds. The lowest BCUT2D eigenvalue weighted by molar-refractivity contribution is -0.132. The van der Waals surface area contributed by atoms with E-state index < -0.39 is 17.7 Å². The Bertz CT molecular complexity index is 782. The van der Waals surface area contributed by atoms with Crippen LogP contribution in [0.2, 0.25) is 0 Å². The van der Waals surface area contributed by atoms with E-state index in [1.54, 1.807) is 57.0 Å². The summed E-state index contributed by atoms with van der Waals surface area (Å²) in [6.45, 7) is 5.74. The van der Waals surface area contributed by atoms with E-state index in [0.29, 0.717) is 6.54 Å². The number of aromatic hydroxyl groups is 1. The van der Waals surface area contributed by atoms with Crippen LogP contribution in [0.5, 0.6) is 5.75 Å². The molecule has 28 heavy (non-hydrogen) atoms. The van der Waals surface area contributed by atoms with Gasteiger partial charge in [0, 0.05) is 20.0 Å². The number of benzene rings is 2. The molecule has 0 saturated heterocycles. The second kappa shape index (κ2) is 9.26. The summed E-state index contributed by atoms with van der Waals surface area (Å²) in [5.41, 5.74) is 1.16. The number of rotatable bonds is 6. The lowest BCUT2D eigenvalue weighted by Crippen LogP contribution is -2.49. The minimum absolute atomic E-state index is 0.146. The number of phenolic OH excluding ortho intramolecular Hbond substituents is 1. The van der Waals surface area contributed by atoms with Crippen molar-refractivity contribution in [3.05, 3.63) is 65.7 Å². The maximum Gasteiger partial charge on any atom is 0.408 e. The van der Waals surface area contributed by atoms with Gasteiger partial charge in [-0.1, -0.05) is 42.5 Å². The Kier molecular flexibility index (Phi) is 7.04. The lowest BCUT2D eigenvalue weighted by atomic mass is 10.0. The normalized spacial score (nSPS) is 12.1. The third kappa shape index (κ3) is 6.95. The van der Waals surface area contributed by atoms with Gasteiger partial charge in [-0.15, -0.1) is 0 Å². The summed E-state index contributed by atoms with van der Waals surface area (Å²) in [6, 6.07) is 15.4. The Balaban J connectivity index is 2.14. The Labute approximate surface area is 166 Å². The quantitative estimate of drug-likeness (QED) is 0.799. The number of phenols is 1. The van der Waals surface area contributed by atoms with Gasteiger partial charge in [0.15, 0.2) is 0 Å². The van der Waals surface area contributed by atoms with E-state index in [9.17, 15) is 14.7 Å². The molecule has 0 aliphatic heterocycles. The fourth-order valence-corrected chi connectivity index (χ4v) is 2.72. The topological polar surface area (TPSA) is 78.9 Å². The van der Waals surface area contributed by atoms with Gasteiger partial charge >= 0.3 is 6.09 Å². The number of nitrogens with zero attached hydrogens (tertiary/aromatic N) is 1. The van der Waals surface area contributed by atoms with Crippen molar-refractivity contribution in [1.82, 2.24) is 10.2 Å². The molecular weight excluding hydrogens is 356 g/mol. The Hall–Kier alpha value is -3.02. The van der Waals surface area contributed by atoms with Crippen molar-refractivity contribution in [2.24, 2.45) is 0 Å². The van der Waals surface area contributed by atoms with Crippen molar-refractivity contribution in [3.8, 4) is 5.75 Å². The second-order valence-corrected chi connectivity index (χ2v) is 7.75. The van der Waals surface area contributed by atoms with Crippen LogP contribution in [-0.4, -0.2) is 40.7 Å². The van der Waals surface area contributed by atoms with Gasteiger partial charge in [0.1, 0.15) is 17.4 Å². The first-order chi connectivity index (χ1) is 13.1. The van der Waals surface area contributed by atoms with Crippen LogP contribution in [0.1, 0.15) is 31.9 Å². The first-order valence-corrected chi connectivity index (χ1v) is 9.20. The van der Waals surface area contributed by atoms with Gasteiger partial charge in [0.05, 0.1) is 0 Å². The van der Waals surface area contributed by atoms with E-state index in [-0.39, 0.29) is 18.1 Å². The summed E-state index contributed by atoms with van der Waals surface area (Å²) in [5, 5.41) is 12.1. The van der Waals surface area contributed by atoms with Gasteiger partial charge in [-0.2, -0.15) is 0 Å². The maximum absolute atomic E-state index is 13.0. The summed E-state index contributed by atoms with van der Waals surface area (Å²) in [5.74, 6) is -0.0734. The van der Waals surface area contributed by atoms with Crippen molar-refractivity contribution < 1.29 is 19.4 Å². The standard InChI is InChI=1S/C22H28N2O4/c1-22(2,3)28-21(27)23-19(14-16-10-12-18(25)13-11-16)20(26)24(4)15-17-8-6-5-7-9-17/h5-13,19,25H,14-15H2,1-4H3,(H,23,27)/t19-/m0/s1. The predicted octanol–water partition coefficient (Wildman–Crippen LogP) is 3.49. The van der Waals surface area contributed by atoms with Crippen molar-refractivity contribution in [3.63, 3.8) is 0 Å². The minimum atomic E-state index is -0.784. The molecular formula is C22H28N2O4. The molecule has 0 radical (unpaired) electrons. The second-order valence-electron chi connectivity index (χ2n) is 7.75. The Morgan fingerprint density at radius 1 is 1.04 bits per heavy atom. The average molecular weight is 384 g/mol. The SMILES string of the molecule is CN(Cc1ccccc1)C(=O)[C@H](Cc1ccc(O)cc1)NC(=O)OC(C)(C)C. The van der Waals surface area contributed by atoms with Crippen LogP contribution in [0.4, 0.5) is 4.79 Å². The van der Waals surface area contributed by atoms with Crippen LogP contribution < -0.4 is 5.32 Å². The molecule has 6 nitrogen and oxygen atoms in total. The van der Waals surface area contributed by atoms with Crippen molar-refractivity contribution >= 4 is 12.0 Å². The first-order valence-electron chi connectivity index (χ1n) is 9.20. The third-order valence-electron chi connectivity index (χ3n) is 4.00. The zero-order chi connectivity index (χ0) is 20.7. The van der Waals surface area contributed by atoms with Crippen LogP contribution in [0.3, 0.4) is 0 Å². The largest absolute Gasteiger partial charge is 0.508 e. The van der Waals surface area contributed by atoms with Gasteiger partial charge in [-0.05, 0) is 44.0 Å². The van der Waals surface area contributed by atoms with Gasteiger partial charge in [-0.25, -0.2) is 4.79 Å². The van der Waals surface area contributed by atoms with Crippen molar-refractivity contribution in [2.75, 3.05) is 7.05 Å². The van der Waals surface area contributed by atoms with Gasteiger partial charge in [0.25, 0.3) is 0 Å². The monoisotopic (exact) mass is 384 g/mol. The molecule has 0 aliphatic carbocycles. The highest BCUT2D eigenvalue weighted by Gasteiger charge is 2.27. The molecule has 0 aromatic heterocycles. The van der Waals surface area contributed by atoms with Crippen molar-refractivity contribution in [1.29, 1.82) is 0 Å². The van der Waals surface area contributed by atoms with Crippen LogP contribution in [0.25, 0.3) is 0 Å². The number of carbonyl (C=O) groups excluding carboxylic acids is 2. The van der Waals surface area contributed by atoms with Crippen LogP contribution >= 0.6 is 0 Å². The zero-order valence-electron chi connectivity index (χ0n) is 16.8. The Morgan fingerprint density at radius 2 is 1.64 bits per heavy atom. The predicted molar refractivity (Wildman–Crippen MR) is 108 cm³/mol. The fraction of sp³-hybridized carbons (Fsp3) is 0.364. The number of likely N-dealkylation sites (N-methyl/N-ethyl adjacent to an activating group) is 1. The van der Waals surface area contributed by atoms with Crippen molar-refractivity contribution in [2.45, 2.75) is 45.4 Å². The summed E-state index contributed by atoms with van der Waals surface area (Å²) < 4.78 is 5.31. The highest BCUT2D eigenvalue weighted by molar-refractivity contribution is 5.86. The minimum Gasteiger partial charge on any atom is -0.508 e. The first kappa shape index (κ1) is 21.3. The number of carbonyl (C=O) groups is 2. The molecule has 2 aromatic rings. The van der Waals surface area contributed by atoms with E-state index in [4.69, 9.17) is 4.74 Å². The van der Waals surface area contributed by atoms with E-state index in [2.05, 4.69) is 5.32 Å². The molecule has 2 rings (SSSR count). The number of hydrogen-bond donors (Lipinski definition) is 2. The molecule has 6 heteroatoms. The number of amides is 2. The van der Waals surface area contributed by atoms with Gasteiger partial charge in [-0.3, -0.25) is 4.79 Å². The van der Waals surface area contributed by atoms with Crippen LogP contribution in [0.15, 0.2) is 54.6 Å². The lowest BCUT2D eigenvalue weighted by Gasteiger charge is -2.26. The van der Waals surface area contributed by atoms with E-state index in [1.807, 2.05) is 30.3 Å². The molecule has 1 atom stereocenters. The zero-order valence-corrected chi connectivity index (χ0v) is 16.8. The number of hydrogen-bond acceptors (Lipinski definition) is 4. The summed E-state index contributed by atoms with van der Waals surface area (Å²) in [4.78, 5) is 26.9. The molecule has 0 fully saturated rings. The van der Waals surface area contributed by atoms with E-state index in [0.717, 1.165) is 11.1 Å². The molecule has 0 spiro atoms. The Morgan fingerprint density at radius 3 is 2.21 bits per heavy atom. The van der Waals surface area contributed by atoms with Gasteiger partial charge in [0.2, 0.25) is 5.91 Å². The molecule has 2 aromatic carbocycles. The molecule has 0 bridgehead atoms. The average Bonchev–Trinajstić information content (AvgIpc) is 2.61. The number of nitrogens with one attached hydrogen (secondary N) is 1. The maximum atomic E-state index is 13.0. The van der Waals surface area contributed by atoms with E-state index >= 15 is 0 Å². The molecule has 2 N–H and O–H groups in total. The smallest absolute Gasteiger partial charge is 0.408 e. The molecule has 0 unspecified atom stereocenters. The van der Waals surface area contributed by atoms with Crippen LogP contribution in [0, 0.1) is 0 Å². The molecule has 150 valence electrons. The highest BCUT2D eigenvalue weighted by Crippen LogP contribution is 2.14. The summed E-state index contributed by atoms with van der Waals surface area (Å²) in [7, 11) is 1.70. The third-order valence-corrected chi connectivity index (χ3v) is 4.00. The van der Waals surface area contributed by atoms with E-state index in [1.165, 1.54) is 0 Å². The number of ether oxygens (including phenoxy) is 1. The fourth-order valence-electron chi connectivity index (χ4n) is 2.72. The summed E-state index contributed by atoms with van der Waals surface area (Å²) in [6.07, 6.45) is -0.352. The molecule has 0 saturated carbocycles. The number of alkyl carbamates (subject to hydrolysis) is 1. The molecule has 0 heterocycles. The van der Waals surface area contributed by atoms with Gasteiger partial charge < -0.3 is 20.1 Å². The highest BCUT2D eigenvalue weighted by atomic mass is 16.6.